The van der Waals surface area contributed by atoms with Gasteiger partial charge in [-0.25, -0.2) is 0 Å². The van der Waals surface area contributed by atoms with Crippen LogP contribution < -0.4 is 15.4 Å². The van der Waals surface area contributed by atoms with Gasteiger partial charge in [0, 0.05) is 13.5 Å². The van der Waals surface area contributed by atoms with Crippen LogP contribution >= 0.6 is 12.4 Å². The van der Waals surface area contributed by atoms with Crippen molar-refractivity contribution in [1.82, 2.24) is 5.32 Å². The highest BCUT2D eigenvalue weighted by Gasteiger charge is 2.15. The van der Waals surface area contributed by atoms with Gasteiger partial charge in [0.15, 0.2) is 0 Å². The Kier molecular flexibility index (Phi) is 9.76. The van der Waals surface area contributed by atoms with Crippen LogP contribution in [0.5, 0.6) is 5.75 Å². The maximum atomic E-state index is 12.2. The molecule has 0 unspecified atom stereocenters. The van der Waals surface area contributed by atoms with Gasteiger partial charge in [-0.2, -0.15) is 0 Å². The summed E-state index contributed by atoms with van der Waals surface area (Å²) in [6.45, 7) is 5.14. The number of piperidine rings is 1. The normalized spacial score (nSPS) is 14.8. The van der Waals surface area contributed by atoms with Gasteiger partial charge in [0.2, 0.25) is 5.91 Å². The zero-order valence-electron chi connectivity index (χ0n) is 14.6. The van der Waals surface area contributed by atoms with Gasteiger partial charge in [-0.05, 0) is 62.9 Å². The number of aryl methyl sites for hydroxylation is 1. The zero-order valence-corrected chi connectivity index (χ0v) is 15.4. The molecule has 136 valence electrons. The van der Waals surface area contributed by atoms with Crippen molar-refractivity contribution in [2.24, 2.45) is 5.92 Å². The van der Waals surface area contributed by atoms with Gasteiger partial charge >= 0.3 is 0 Å². The second-order valence-corrected chi connectivity index (χ2v) is 6.12. The minimum atomic E-state index is 0. The first kappa shape index (κ1) is 20.7. The van der Waals surface area contributed by atoms with Crippen molar-refractivity contribution in [1.29, 1.82) is 0 Å². The predicted octanol–water partition coefficient (Wildman–Crippen LogP) is 3.16. The van der Waals surface area contributed by atoms with Crippen LogP contribution in [0.3, 0.4) is 0 Å². The molecule has 0 atom stereocenters. The summed E-state index contributed by atoms with van der Waals surface area (Å²) >= 11 is 0. The first-order chi connectivity index (χ1) is 11.2. The average Bonchev–Trinajstić information content (AvgIpc) is 2.56. The molecule has 0 saturated carbocycles. The van der Waals surface area contributed by atoms with Gasteiger partial charge in [-0.15, -0.1) is 12.4 Å². The first-order valence-corrected chi connectivity index (χ1v) is 8.42. The molecule has 1 saturated heterocycles. The number of carbonyl (C=O) groups excluding carboxylic acids is 1. The molecule has 0 bridgehead atoms. The average molecular weight is 357 g/mol. The fourth-order valence-corrected chi connectivity index (χ4v) is 2.81. The molecule has 1 aliphatic heterocycles. The molecule has 1 aliphatic rings. The molecule has 1 aromatic carbocycles. The molecule has 1 fully saturated rings. The Morgan fingerprint density at radius 3 is 2.75 bits per heavy atom. The maximum Gasteiger partial charge on any atom is 0.224 e. The number of hydrogen-bond acceptors (Lipinski definition) is 4. The Morgan fingerprint density at radius 1 is 1.29 bits per heavy atom. The van der Waals surface area contributed by atoms with Crippen molar-refractivity contribution < 1.29 is 14.3 Å². The fraction of sp³-hybridized carbons (Fsp3) is 0.611. The minimum absolute atomic E-state index is 0. The first-order valence-electron chi connectivity index (χ1n) is 8.42. The number of amides is 1. The van der Waals surface area contributed by atoms with E-state index in [0.29, 0.717) is 31.3 Å². The van der Waals surface area contributed by atoms with E-state index in [-0.39, 0.29) is 18.3 Å². The van der Waals surface area contributed by atoms with Crippen LogP contribution in [0.4, 0.5) is 5.69 Å². The van der Waals surface area contributed by atoms with Crippen molar-refractivity contribution in [3.63, 3.8) is 0 Å². The molecule has 2 rings (SSSR count). The summed E-state index contributed by atoms with van der Waals surface area (Å²) < 4.78 is 10.7. The van der Waals surface area contributed by atoms with Gasteiger partial charge in [0.25, 0.3) is 0 Å². The van der Waals surface area contributed by atoms with Crippen LogP contribution in [0.25, 0.3) is 0 Å². The lowest BCUT2D eigenvalue weighted by Crippen LogP contribution is -2.28. The molecule has 1 aromatic rings. The highest BCUT2D eigenvalue weighted by Crippen LogP contribution is 2.26. The number of anilines is 1. The van der Waals surface area contributed by atoms with Crippen LogP contribution in [0.1, 0.15) is 31.2 Å². The summed E-state index contributed by atoms with van der Waals surface area (Å²) in [5, 5.41) is 6.34. The van der Waals surface area contributed by atoms with Crippen molar-refractivity contribution in [3.05, 3.63) is 23.8 Å². The molecule has 0 aromatic heterocycles. The second kappa shape index (κ2) is 11.3. The summed E-state index contributed by atoms with van der Waals surface area (Å²) in [5.41, 5.74) is 1.84. The summed E-state index contributed by atoms with van der Waals surface area (Å²) in [6, 6.07) is 5.82. The molecule has 0 radical (unpaired) electrons. The molecule has 24 heavy (non-hydrogen) atoms. The number of halogens is 1. The molecular formula is C18H29ClN2O3. The quantitative estimate of drug-likeness (QED) is 0.702. The second-order valence-electron chi connectivity index (χ2n) is 6.12. The Balaban J connectivity index is 0.00000288. The Bertz CT molecular complexity index is 505. The number of methoxy groups -OCH3 is 1. The van der Waals surface area contributed by atoms with E-state index >= 15 is 0 Å². The zero-order chi connectivity index (χ0) is 16.5. The smallest absolute Gasteiger partial charge is 0.224 e. The lowest BCUT2D eigenvalue weighted by atomic mass is 9.93. The minimum Gasteiger partial charge on any atom is -0.489 e. The van der Waals surface area contributed by atoms with Crippen molar-refractivity contribution in [2.75, 3.05) is 38.7 Å². The molecule has 2 N–H and O–H groups in total. The van der Waals surface area contributed by atoms with Crippen LogP contribution in [0, 0.1) is 12.8 Å². The van der Waals surface area contributed by atoms with E-state index in [1.807, 2.05) is 25.1 Å². The Hall–Kier alpha value is -1.30. The molecule has 0 aliphatic carbocycles. The predicted molar refractivity (Wildman–Crippen MR) is 99.3 cm³/mol. The highest BCUT2D eigenvalue weighted by atomic mass is 35.5. The number of rotatable bonds is 8. The van der Waals surface area contributed by atoms with Crippen molar-refractivity contribution in [2.45, 2.75) is 32.6 Å². The van der Waals surface area contributed by atoms with E-state index in [1.54, 1.807) is 7.11 Å². The largest absolute Gasteiger partial charge is 0.489 e. The highest BCUT2D eigenvalue weighted by molar-refractivity contribution is 5.92. The number of benzene rings is 1. The van der Waals surface area contributed by atoms with E-state index in [0.717, 1.165) is 30.8 Å². The van der Waals surface area contributed by atoms with Gasteiger partial charge in [-0.3, -0.25) is 4.79 Å². The van der Waals surface area contributed by atoms with E-state index in [1.165, 1.54) is 12.8 Å². The number of nitrogens with one attached hydrogen (secondary N) is 2. The third kappa shape index (κ3) is 7.07. The molecule has 6 heteroatoms. The van der Waals surface area contributed by atoms with Crippen LogP contribution in [0.2, 0.25) is 0 Å². The fourth-order valence-electron chi connectivity index (χ4n) is 2.81. The maximum absolute atomic E-state index is 12.2. The monoisotopic (exact) mass is 356 g/mol. The van der Waals surface area contributed by atoms with Crippen LogP contribution in [-0.4, -0.2) is 39.3 Å². The van der Waals surface area contributed by atoms with Gasteiger partial charge in [0.05, 0.1) is 12.3 Å². The molecule has 0 spiro atoms. The standard InChI is InChI=1S/C18H28N2O3.ClH/c1-14-3-5-16(17(13-14)23-12-11-22-2)20-18(21)6-4-15-7-9-19-10-8-15;/h3,5,13,15,19H,4,6-12H2,1-2H3,(H,20,21);1H. The number of ether oxygens (including phenoxy) is 2. The summed E-state index contributed by atoms with van der Waals surface area (Å²) in [5.74, 6) is 1.43. The van der Waals surface area contributed by atoms with Crippen molar-refractivity contribution in [3.8, 4) is 5.75 Å². The van der Waals surface area contributed by atoms with Gasteiger partial charge in [-0.1, -0.05) is 6.07 Å². The summed E-state index contributed by atoms with van der Waals surface area (Å²) in [7, 11) is 1.64. The van der Waals surface area contributed by atoms with Crippen molar-refractivity contribution >= 4 is 24.0 Å². The molecule has 5 nitrogen and oxygen atoms in total. The SMILES string of the molecule is COCCOc1cc(C)ccc1NC(=O)CCC1CCNCC1.Cl. The number of hydrogen-bond donors (Lipinski definition) is 2. The topological polar surface area (TPSA) is 59.6 Å². The van der Waals surface area contributed by atoms with Gasteiger partial charge < -0.3 is 20.1 Å². The molecule has 1 heterocycles. The van der Waals surface area contributed by atoms with E-state index < -0.39 is 0 Å². The van der Waals surface area contributed by atoms with E-state index in [9.17, 15) is 4.79 Å². The Morgan fingerprint density at radius 2 is 2.04 bits per heavy atom. The lowest BCUT2D eigenvalue weighted by molar-refractivity contribution is -0.116. The summed E-state index contributed by atoms with van der Waals surface area (Å²) in [6.07, 6.45) is 3.86. The summed E-state index contributed by atoms with van der Waals surface area (Å²) in [4.78, 5) is 12.2. The van der Waals surface area contributed by atoms with Crippen LogP contribution in [-0.2, 0) is 9.53 Å². The van der Waals surface area contributed by atoms with E-state index in [4.69, 9.17) is 9.47 Å². The molecular weight excluding hydrogens is 328 g/mol. The van der Waals surface area contributed by atoms with Gasteiger partial charge in [0.1, 0.15) is 12.4 Å². The van der Waals surface area contributed by atoms with E-state index in [2.05, 4.69) is 10.6 Å². The Labute approximate surface area is 150 Å². The number of carbonyl (C=O) groups is 1. The lowest BCUT2D eigenvalue weighted by Gasteiger charge is -2.22. The molecule has 1 amide bonds. The third-order valence-corrected chi connectivity index (χ3v) is 4.19. The van der Waals surface area contributed by atoms with Crippen LogP contribution in [0.15, 0.2) is 18.2 Å². The third-order valence-electron chi connectivity index (χ3n) is 4.19.